The molecule has 1 aliphatic carbocycles. The lowest BCUT2D eigenvalue weighted by Gasteiger charge is -2.49. The van der Waals surface area contributed by atoms with Gasteiger partial charge in [-0.2, -0.15) is 0 Å². The summed E-state index contributed by atoms with van der Waals surface area (Å²) in [6.45, 7) is 3.92. The van der Waals surface area contributed by atoms with Gasteiger partial charge in [0.1, 0.15) is 0 Å². The molecule has 18 heavy (non-hydrogen) atoms. The Balaban J connectivity index is 2.55. The Morgan fingerprint density at radius 3 is 2.22 bits per heavy atom. The Hall–Kier alpha value is -0.170. The fraction of sp³-hybridized carbons (Fsp3) is 1.00. The summed E-state index contributed by atoms with van der Waals surface area (Å²) in [6, 6.07) is 0. The first-order chi connectivity index (χ1) is 8.34. The smallest absolute Gasteiger partial charge is 0.215 e. The molecular weight excluding hydrogens is 250 g/mol. The van der Waals surface area contributed by atoms with Gasteiger partial charge < -0.3 is 10.2 Å². The molecule has 0 radical (unpaired) electrons. The molecule has 0 amide bonds. The fourth-order valence-electron chi connectivity index (χ4n) is 2.38. The molecule has 0 aromatic carbocycles. The molecule has 0 unspecified atom stereocenters. The Bertz CT molecular complexity index is 350. The molecule has 0 spiro atoms. The number of nitrogens with zero attached hydrogens (tertiary/aromatic N) is 2. The molecule has 0 aliphatic heterocycles. The van der Waals surface area contributed by atoms with Crippen molar-refractivity contribution >= 4 is 10.0 Å². The van der Waals surface area contributed by atoms with Gasteiger partial charge in [0.15, 0.2) is 0 Å². The first-order valence-electron chi connectivity index (χ1n) is 6.66. The average Bonchev–Trinajstić information content (AvgIpc) is 2.22. The van der Waals surface area contributed by atoms with Gasteiger partial charge in [-0.05, 0) is 39.9 Å². The summed E-state index contributed by atoms with van der Waals surface area (Å²) in [7, 11) is 2.65. The number of likely N-dealkylation sites (N-methyl/N-ethyl adjacent to an activating group) is 2. The summed E-state index contributed by atoms with van der Waals surface area (Å²) < 4.78 is 25.8. The topological polar surface area (TPSA) is 52.7 Å². The van der Waals surface area contributed by atoms with Crippen LogP contribution in [-0.4, -0.2) is 69.7 Å². The minimum Gasteiger partial charge on any atom is -0.316 e. The fourth-order valence-corrected chi connectivity index (χ4v) is 3.53. The molecule has 0 saturated heterocycles. The lowest BCUT2D eigenvalue weighted by Crippen LogP contribution is -2.57. The molecule has 1 fully saturated rings. The van der Waals surface area contributed by atoms with Crippen LogP contribution in [0, 0.1) is 0 Å². The van der Waals surface area contributed by atoms with E-state index in [1.807, 2.05) is 21.0 Å². The molecule has 0 aromatic rings. The van der Waals surface area contributed by atoms with E-state index >= 15 is 0 Å². The number of rotatable bonds is 8. The second-order valence-electron chi connectivity index (χ2n) is 5.40. The van der Waals surface area contributed by atoms with E-state index in [-0.39, 0.29) is 11.3 Å². The third-order valence-corrected chi connectivity index (χ3v) is 5.81. The summed E-state index contributed by atoms with van der Waals surface area (Å²) in [6.07, 6.45) is 3.38. The second kappa shape index (κ2) is 6.32. The van der Waals surface area contributed by atoms with E-state index in [4.69, 9.17) is 0 Å². The number of hydrogen-bond acceptors (Lipinski definition) is 4. The number of hydrogen-bond donors (Lipinski definition) is 1. The van der Waals surface area contributed by atoms with Gasteiger partial charge >= 0.3 is 0 Å². The molecule has 1 aliphatic rings. The quantitative estimate of drug-likeness (QED) is 0.650. The van der Waals surface area contributed by atoms with Crippen LogP contribution in [0.2, 0.25) is 0 Å². The maximum atomic E-state index is 12.1. The van der Waals surface area contributed by atoms with Crippen LogP contribution in [0.3, 0.4) is 0 Å². The highest BCUT2D eigenvalue weighted by Crippen LogP contribution is 2.37. The van der Waals surface area contributed by atoms with Crippen molar-refractivity contribution in [3.63, 3.8) is 0 Å². The lowest BCUT2D eigenvalue weighted by molar-refractivity contribution is 0.0455. The third kappa shape index (κ3) is 3.66. The van der Waals surface area contributed by atoms with Crippen LogP contribution in [0.1, 0.15) is 26.2 Å². The van der Waals surface area contributed by atoms with E-state index in [9.17, 15) is 8.42 Å². The summed E-state index contributed by atoms with van der Waals surface area (Å²) in [5.74, 6) is 0.181. The highest BCUT2D eigenvalue weighted by atomic mass is 32.2. The van der Waals surface area contributed by atoms with Crippen LogP contribution in [0.15, 0.2) is 0 Å². The third-order valence-electron chi connectivity index (χ3n) is 4.01. The number of nitrogens with one attached hydrogen (secondary N) is 1. The van der Waals surface area contributed by atoms with Crippen LogP contribution in [0.5, 0.6) is 0 Å². The van der Waals surface area contributed by atoms with Crippen molar-refractivity contribution in [3.8, 4) is 0 Å². The van der Waals surface area contributed by atoms with Crippen molar-refractivity contribution in [2.24, 2.45) is 0 Å². The predicted octanol–water partition coefficient (Wildman–Crippen LogP) is 0.342. The van der Waals surface area contributed by atoms with Crippen molar-refractivity contribution in [1.82, 2.24) is 14.5 Å². The second-order valence-corrected chi connectivity index (χ2v) is 7.59. The van der Waals surface area contributed by atoms with Gasteiger partial charge in [0.2, 0.25) is 10.0 Å². The number of sulfonamides is 1. The van der Waals surface area contributed by atoms with E-state index < -0.39 is 10.0 Å². The minimum absolute atomic E-state index is 0.0556. The zero-order chi connectivity index (χ0) is 13.8. The molecule has 6 heteroatoms. The molecule has 108 valence electrons. The van der Waals surface area contributed by atoms with Crippen molar-refractivity contribution in [2.75, 3.05) is 46.5 Å². The Morgan fingerprint density at radius 1 is 1.22 bits per heavy atom. The van der Waals surface area contributed by atoms with Crippen molar-refractivity contribution < 1.29 is 8.42 Å². The summed E-state index contributed by atoms with van der Waals surface area (Å²) in [4.78, 5) is 2.17. The van der Waals surface area contributed by atoms with Crippen LogP contribution in [0.25, 0.3) is 0 Å². The predicted molar refractivity (Wildman–Crippen MR) is 75.2 cm³/mol. The van der Waals surface area contributed by atoms with Gasteiger partial charge in [-0.15, -0.1) is 0 Å². The van der Waals surface area contributed by atoms with Gasteiger partial charge in [0.05, 0.1) is 5.75 Å². The Labute approximate surface area is 112 Å². The van der Waals surface area contributed by atoms with Gasteiger partial charge in [0.25, 0.3) is 0 Å². The van der Waals surface area contributed by atoms with E-state index in [1.165, 1.54) is 10.7 Å². The molecular formula is C12H27N3O2S. The van der Waals surface area contributed by atoms with Crippen LogP contribution in [0.4, 0.5) is 0 Å². The molecule has 1 N–H and O–H groups in total. The van der Waals surface area contributed by atoms with Gasteiger partial charge in [0, 0.05) is 25.7 Å². The SMILES string of the molecule is CCNCCS(=O)(=O)N(C)CC1(N(C)C)CCC1. The van der Waals surface area contributed by atoms with Crippen LogP contribution >= 0.6 is 0 Å². The molecule has 0 aromatic heterocycles. The monoisotopic (exact) mass is 277 g/mol. The van der Waals surface area contributed by atoms with Crippen molar-refractivity contribution in [3.05, 3.63) is 0 Å². The molecule has 0 atom stereocenters. The first-order valence-corrected chi connectivity index (χ1v) is 8.27. The maximum absolute atomic E-state index is 12.1. The van der Waals surface area contributed by atoms with Crippen LogP contribution < -0.4 is 5.32 Å². The normalized spacial score (nSPS) is 19.2. The average molecular weight is 277 g/mol. The Morgan fingerprint density at radius 2 is 1.83 bits per heavy atom. The van der Waals surface area contributed by atoms with E-state index in [0.29, 0.717) is 13.1 Å². The van der Waals surface area contributed by atoms with E-state index in [0.717, 1.165) is 19.4 Å². The molecule has 1 saturated carbocycles. The lowest BCUT2D eigenvalue weighted by atomic mass is 9.75. The summed E-state index contributed by atoms with van der Waals surface area (Å²) in [5, 5.41) is 3.06. The zero-order valence-corrected chi connectivity index (χ0v) is 12.9. The van der Waals surface area contributed by atoms with Crippen molar-refractivity contribution in [1.29, 1.82) is 0 Å². The van der Waals surface area contributed by atoms with Gasteiger partial charge in [-0.1, -0.05) is 6.92 Å². The highest BCUT2D eigenvalue weighted by molar-refractivity contribution is 7.89. The first kappa shape index (κ1) is 15.9. The molecule has 1 rings (SSSR count). The van der Waals surface area contributed by atoms with Crippen molar-refractivity contribution in [2.45, 2.75) is 31.7 Å². The Kier molecular flexibility index (Phi) is 5.58. The molecule has 5 nitrogen and oxygen atoms in total. The minimum atomic E-state index is -3.13. The molecule has 0 heterocycles. The van der Waals surface area contributed by atoms with Gasteiger partial charge in [-0.3, -0.25) is 0 Å². The molecule has 0 bridgehead atoms. The van der Waals surface area contributed by atoms with Crippen LogP contribution in [-0.2, 0) is 10.0 Å². The van der Waals surface area contributed by atoms with Gasteiger partial charge in [-0.25, -0.2) is 12.7 Å². The highest BCUT2D eigenvalue weighted by Gasteiger charge is 2.41. The zero-order valence-electron chi connectivity index (χ0n) is 12.1. The van der Waals surface area contributed by atoms with E-state index in [1.54, 1.807) is 7.05 Å². The largest absolute Gasteiger partial charge is 0.316 e. The standard InChI is InChI=1S/C12H27N3O2S/c1-5-13-9-10-18(16,17)15(4)11-12(14(2)3)7-6-8-12/h13H,5-11H2,1-4H3. The summed E-state index contributed by atoms with van der Waals surface area (Å²) in [5.41, 5.74) is 0.0556. The summed E-state index contributed by atoms with van der Waals surface area (Å²) >= 11 is 0. The van der Waals surface area contributed by atoms with E-state index in [2.05, 4.69) is 10.2 Å². The maximum Gasteiger partial charge on any atom is 0.215 e.